The van der Waals surface area contributed by atoms with Crippen LogP contribution in [0.3, 0.4) is 0 Å². The van der Waals surface area contributed by atoms with E-state index < -0.39 is 0 Å². The second-order valence-electron chi connectivity index (χ2n) is 10.8. The number of unbranched alkanes of at least 4 members (excludes halogenated alkanes) is 2. The number of benzene rings is 2. The molecule has 0 spiro atoms. The van der Waals surface area contributed by atoms with Crippen LogP contribution in [0.4, 0.5) is 0 Å². The fourth-order valence-corrected chi connectivity index (χ4v) is 5.33. The van der Waals surface area contributed by atoms with Crippen molar-refractivity contribution in [2.45, 2.75) is 92.1 Å². The van der Waals surface area contributed by atoms with Crippen LogP contribution in [-0.2, 0) is 12.8 Å². The van der Waals surface area contributed by atoms with Crippen LogP contribution in [0.15, 0.2) is 86.0 Å². The van der Waals surface area contributed by atoms with Crippen LogP contribution >= 0.6 is 0 Å². The summed E-state index contributed by atoms with van der Waals surface area (Å²) in [4.78, 5) is 0. The highest BCUT2D eigenvalue weighted by Crippen LogP contribution is 2.30. The Hall–Kier alpha value is -2.12. The quantitative estimate of drug-likeness (QED) is 0.232. The van der Waals surface area contributed by atoms with Gasteiger partial charge in [-0.2, -0.15) is 0 Å². The molecule has 0 saturated heterocycles. The van der Waals surface area contributed by atoms with Crippen LogP contribution < -0.4 is 0 Å². The maximum absolute atomic E-state index is 9.97. The van der Waals surface area contributed by atoms with Gasteiger partial charge in [-0.3, -0.25) is 0 Å². The van der Waals surface area contributed by atoms with E-state index in [1.54, 1.807) is 0 Å². The van der Waals surface area contributed by atoms with Crippen LogP contribution in [-0.4, -0.2) is 11.2 Å². The van der Waals surface area contributed by atoms with Gasteiger partial charge in [0.1, 0.15) is 0 Å². The summed E-state index contributed by atoms with van der Waals surface area (Å²) in [6.45, 7) is 19.1. The molecular formula is C35H54O. The van der Waals surface area contributed by atoms with E-state index in [4.69, 9.17) is 0 Å². The molecule has 0 saturated carbocycles. The first kappa shape index (κ1) is 31.9. The smallest absolute Gasteiger partial charge is 0.0546 e. The van der Waals surface area contributed by atoms with E-state index in [0.717, 1.165) is 31.1 Å². The van der Waals surface area contributed by atoms with Crippen molar-refractivity contribution in [1.82, 2.24) is 0 Å². The molecular weight excluding hydrogens is 436 g/mol. The van der Waals surface area contributed by atoms with E-state index in [-0.39, 0.29) is 6.10 Å². The number of hydrogen-bond donors (Lipinski definition) is 1. The zero-order valence-corrected chi connectivity index (χ0v) is 23.9. The van der Waals surface area contributed by atoms with E-state index in [2.05, 4.69) is 102 Å². The summed E-state index contributed by atoms with van der Waals surface area (Å²) in [5.41, 5.74) is 2.76. The Morgan fingerprint density at radius 1 is 0.667 bits per heavy atom. The second kappa shape index (κ2) is 19.1. The van der Waals surface area contributed by atoms with Gasteiger partial charge in [-0.05, 0) is 73.3 Å². The Morgan fingerprint density at radius 2 is 1.06 bits per heavy atom. The van der Waals surface area contributed by atoms with Gasteiger partial charge in [-0.25, -0.2) is 0 Å². The molecule has 0 aliphatic carbocycles. The Bertz CT molecular complexity index is 722. The molecule has 1 nitrogen and oxygen atoms in total. The highest BCUT2D eigenvalue weighted by atomic mass is 16.3. The van der Waals surface area contributed by atoms with Crippen molar-refractivity contribution in [3.63, 3.8) is 0 Å². The molecule has 2 aromatic carbocycles. The van der Waals surface area contributed by atoms with Crippen molar-refractivity contribution in [2.24, 2.45) is 29.6 Å². The van der Waals surface area contributed by atoms with E-state index in [9.17, 15) is 5.11 Å². The predicted octanol–water partition coefficient (Wildman–Crippen LogP) is 9.71. The lowest BCUT2D eigenvalue weighted by Gasteiger charge is -2.28. The van der Waals surface area contributed by atoms with Gasteiger partial charge in [0.25, 0.3) is 0 Å². The maximum atomic E-state index is 9.97. The molecule has 2 rings (SSSR count). The summed E-state index contributed by atoms with van der Waals surface area (Å²) in [6, 6.07) is 21.3. The molecule has 200 valence electrons. The summed E-state index contributed by atoms with van der Waals surface area (Å²) in [7, 11) is 0. The van der Waals surface area contributed by atoms with Gasteiger partial charge >= 0.3 is 0 Å². The summed E-state index contributed by atoms with van der Waals surface area (Å²) >= 11 is 0. The van der Waals surface area contributed by atoms with Gasteiger partial charge in [-0.15, -0.1) is 13.2 Å². The molecule has 1 N–H and O–H groups in total. The van der Waals surface area contributed by atoms with Crippen LogP contribution in [0.5, 0.6) is 0 Å². The molecule has 0 aromatic heterocycles. The summed E-state index contributed by atoms with van der Waals surface area (Å²) < 4.78 is 0. The predicted molar refractivity (Wildman–Crippen MR) is 160 cm³/mol. The average Bonchev–Trinajstić information content (AvgIpc) is 2.89. The van der Waals surface area contributed by atoms with Crippen molar-refractivity contribution in [3.8, 4) is 0 Å². The minimum atomic E-state index is -0.261. The number of aliphatic hydroxyl groups is 1. The number of hydrogen-bond acceptors (Lipinski definition) is 1. The Kier molecular flexibility index (Phi) is 16.9. The van der Waals surface area contributed by atoms with Gasteiger partial charge in [0.15, 0.2) is 0 Å². The van der Waals surface area contributed by atoms with Gasteiger partial charge in [-0.1, -0.05) is 126 Å². The molecule has 0 aliphatic heterocycles. The number of rotatable bonds is 16. The largest absolute Gasteiger partial charge is 0.393 e. The lowest BCUT2D eigenvalue weighted by atomic mass is 9.77. The van der Waals surface area contributed by atoms with E-state index in [1.165, 1.54) is 43.2 Å². The second-order valence-corrected chi connectivity index (χ2v) is 10.8. The van der Waals surface area contributed by atoms with Gasteiger partial charge in [0, 0.05) is 0 Å². The standard InChI is InChI=1S/C18H28.C17H26O/c1-5-7-13-18(15(3)4)17(6-2)14-16-11-9-8-10-12-16;1-4-6-12-17(14(3)18)16(5-2)13-15-10-8-7-9-11-15/h6,8-12,15,17-18H,2,5,7,13-14H2,1,3-4H3;5,7-11,14,16-18H,2,4,6,12-13H2,1,3H3/t17-,18+;14-,16+,17-/m10/s1. The maximum Gasteiger partial charge on any atom is 0.0546 e. The highest BCUT2D eigenvalue weighted by molar-refractivity contribution is 5.17. The van der Waals surface area contributed by atoms with Gasteiger partial charge in [0.2, 0.25) is 0 Å². The van der Waals surface area contributed by atoms with Crippen molar-refractivity contribution >= 4 is 0 Å². The van der Waals surface area contributed by atoms with Crippen LogP contribution in [0.2, 0.25) is 0 Å². The van der Waals surface area contributed by atoms with Crippen molar-refractivity contribution in [2.75, 3.05) is 0 Å². The SMILES string of the molecule is C=C[C@H](Cc1ccccc1)[C@@H](CCCC)C(C)C.C=C[C@H](Cc1ccccc1)[C@@H](CCCC)[C@H](C)O. The van der Waals surface area contributed by atoms with Crippen LogP contribution in [0, 0.1) is 29.6 Å². The van der Waals surface area contributed by atoms with Crippen molar-refractivity contribution in [1.29, 1.82) is 0 Å². The molecule has 0 radical (unpaired) electrons. The summed E-state index contributed by atoms with van der Waals surface area (Å²) in [6.07, 6.45) is 13.4. The summed E-state index contributed by atoms with van der Waals surface area (Å²) in [5.74, 6) is 2.80. The molecule has 0 aliphatic rings. The highest BCUT2D eigenvalue weighted by Gasteiger charge is 2.23. The molecule has 0 fully saturated rings. The van der Waals surface area contributed by atoms with Gasteiger partial charge in [0.05, 0.1) is 6.10 Å². The van der Waals surface area contributed by atoms with Crippen LogP contribution in [0.1, 0.15) is 84.3 Å². The Balaban J connectivity index is 0.000000360. The van der Waals surface area contributed by atoms with Crippen LogP contribution in [0.25, 0.3) is 0 Å². The lowest BCUT2D eigenvalue weighted by Crippen LogP contribution is -2.26. The topological polar surface area (TPSA) is 20.2 Å². The molecule has 0 amide bonds. The molecule has 36 heavy (non-hydrogen) atoms. The third-order valence-corrected chi connectivity index (χ3v) is 7.59. The first-order valence-electron chi connectivity index (χ1n) is 14.4. The van der Waals surface area contributed by atoms with E-state index >= 15 is 0 Å². The third kappa shape index (κ3) is 12.2. The van der Waals surface area contributed by atoms with Gasteiger partial charge < -0.3 is 5.11 Å². The zero-order valence-electron chi connectivity index (χ0n) is 23.9. The molecule has 1 heteroatoms. The minimum absolute atomic E-state index is 0.261. The molecule has 0 bridgehead atoms. The molecule has 5 atom stereocenters. The summed E-state index contributed by atoms with van der Waals surface area (Å²) in [5, 5.41) is 9.97. The molecule has 0 unspecified atom stereocenters. The fraction of sp³-hybridized carbons (Fsp3) is 0.543. The molecule has 0 heterocycles. The first-order chi connectivity index (χ1) is 17.4. The monoisotopic (exact) mass is 490 g/mol. The zero-order chi connectivity index (χ0) is 26.8. The minimum Gasteiger partial charge on any atom is -0.393 e. The number of allylic oxidation sites excluding steroid dienone is 2. The lowest BCUT2D eigenvalue weighted by molar-refractivity contribution is 0.0931. The fourth-order valence-electron chi connectivity index (χ4n) is 5.33. The van der Waals surface area contributed by atoms with E-state index in [0.29, 0.717) is 17.8 Å². The van der Waals surface area contributed by atoms with Crippen molar-refractivity contribution < 1.29 is 5.11 Å². The molecule has 2 aromatic rings. The Labute approximate surface area is 223 Å². The Morgan fingerprint density at radius 3 is 1.39 bits per heavy atom. The third-order valence-electron chi connectivity index (χ3n) is 7.59. The first-order valence-corrected chi connectivity index (χ1v) is 14.4. The average molecular weight is 491 g/mol. The normalized spacial score (nSPS) is 15.2. The number of aliphatic hydroxyl groups excluding tert-OH is 1. The van der Waals surface area contributed by atoms with E-state index in [1.807, 2.05) is 19.1 Å². The van der Waals surface area contributed by atoms with Crippen molar-refractivity contribution in [3.05, 3.63) is 97.1 Å².